The molecule has 2 N–H and O–H groups in total. The number of hydrogen-bond donors (Lipinski definition) is 2. The van der Waals surface area contributed by atoms with E-state index in [9.17, 15) is 9.59 Å². The van der Waals surface area contributed by atoms with Crippen LogP contribution in [-0.4, -0.2) is 42.0 Å². The minimum atomic E-state index is -0.163. The third-order valence-corrected chi connectivity index (χ3v) is 8.06. The maximum absolute atomic E-state index is 13.0. The number of nitrogens with zero attached hydrogens (tertiary/aromatic N) is 2. The predicted molar refractivity (Wildman–Crippen MR) is 149 cm³/mol. The zero-order valence-electron chi connectivity index (χ0n) is 21.9. The van der Waals surface area contributed by atoms with E-state index in [1.807, 2.05) is 68.4 Å². The van der Waals surface area contributed by atoms with Crippen molar-refractivity contribution < 1.29 is 14.3 Å². The Bertz CT molecular complexity index is 1300. The molecule has 0 saturated carbocycles. The molecule has 2 aliphatic heterocycles. The Hall–Kier alpha value is -3.58. The predicted octanol–water partition coefficient (Wildman–Crippen LogP) is 5.47. The number of halogens is 1. The number of methoxy groups -OCH3 is 1. The molecule has 3 aromatic rings. The minimum Gasteiger partial charge on any atom is -0.496 e. The molecule has 1 aromatic heterocycles. The van der Waals surface area contributed by atoms with Gasteiger partial charge in [0.15, 0.2) is 0 Å². The molecule has 2 bridgehead atoms. The molecule has 7 nitrogen and oxygen atoms in total. The zero-order chi connectivity index (χ0) is 26.8. The lowest BCUT2D eigenvalue weighted by molar-refractivity contribution is 0.0922. The molecule has 3 heterocycles. The van der Waals surface area contributed by atoms with Gasteiger partial charge in [-0.25, -0.2) is 4.98 Å². The fourth-order valence-corrected chi connectivity index (χ4v) is 5.93. The first-order valence-corrected chi connectivity index (χ1v) is 13.5. The highest BCUT2D eigenvalue weighted by atomic mass is 35.5. The van der Waals surface area contributed by atoms with Gasteiger partial charge in [-0.15, -0.1) is 0 Å². The molecular weight excluding hydrogens is 500 g/mol. The number of fused-ring (bicyclic) bond motifs is 2. The largest absolute Gasteiger partial charge is 0.496 e. The molecule has 2 amide bonds. The van der Waals surface area contributed by atoms with Crippen LogP contribution in [-0.2, 0) is 0 Å². The molecule has 2 saturated heterocycles. The lowest BCUT2D eigenvalue weighted by atomic mass is 9.96. The Balaban J connectivity index is 1.20. The van der Waals surface area contributed by atoms with Crippen LogP contribution in [0.2, 0.25) is 5.02 Å². The van der Waals surface area contributed by atoms with Crippen LogP contribution < -0.4 is 20.3 Å². The average Bonchev–Trinajstić information content (AvgIpc) is 3.19. The Morgan fingerprint density at radius 3 is 2.37 bits per heavy atom. The lowest BCUT2D eigenvalue weighted by Gasteiger charge is -2.40. The van der Waals surface area contributed by atoms with Crippen LogP contribution >= 0.6 is 11.6 Å². The molecule has 198 valence electrons. The highest BCUT2D eigenvalue weighted by Crippen LogP contribution is 2.38. The summed E-state index contributed by atoms with van der Waals surface area (Å²) in [5.41, 5.74) is 3.02. The second-order valence-corrected chi connectivity index (χ2v) is 10.7. The van der Waals surface area contributed by atoms with Crippen LogP contribution in [0.25, 0.3) is 0 Å². The van der Waals surface area contributed by atoms with Crippen molar-refractivity contribution >= 4 is 29.2 Å². The van der Waals surface area contributed by atoms with Crippen LogP contribution in [0.3, 0.4) is 0 Å². The van der Waals surface area contributed by atoms with E-state index < -0.39 is 0 Å². The normalized spacial score (nSPS) is 21.1. The second kappa shape index (κ2) is 11.0. The summed E-state index contributed by atoms with van der Waals surface area (Å²) in [7, 11) is 1.62. The van der Waals surface area contributed by atoms with E-state index in [-0.39, 0.29) is 23.9 Å². The summed E-state index contributed by atoms with van der Waals surface area (Å²) in [5, 5.41) is 6.95. The smallest absolute Gasteiger partial charge is 0.253 e. The third-order valence-electron chi connectivity index (χ3n) is 7.81. The van der Waals surface area contributed by atoms with Crippen LogP contribution in [0.15, 0.2) is 60.8 Å². The Kier molecular flexibility index (Phi) is 7.56. The van der Waals surface area contributed by atoms with E-state index in [4.69, 9.17) is 16.3 Å². The number of carbonyl (C=O) groups excluding carboxylic acids is 2. The van der Waals surface area contributed by atoms with Crippen molar-refractivity contribution in [1.82, 2.24) is 15.6 Å². The van der Waals surface area contributed by atoms with Crippen LogP contribution in [0.4, 0.5) is 5.82 Å². The minimum absolute atomic E-state index is 0.0550. The zero-order valence-corrected chi connectivity index (χ0v) is 22.7. The number of amides is 2. The van der Waals surface area contributed by atoms with Gasteiger partial charge in [0.2, 0.25) is 0 Å². The number of piperidine rings is 1. The number of anilines is 1. The Morgan fingerprint density at radius 1 is 1.03 bits per heavy atom. The van der Waals surface area contributed by atoms with Gasteiger partial charge in [-0.1, -0.05) is 29.8 Å². The first-order chi connectivity index (χ1) is 18.3. The van der Waals surface area contributed by atoms with Crippen LogP contribution in [0.1, 0.15) is 70.5 Å². The average molecular weight is 533 g/mol. The van der Waals surface area contributed by atoms with Crippen molar-refractivity contribution in [2.75, 3.05) is 12.0 Å². The number of rotatable bonds is 7. The van der Waals surface area contributed by atoms with Crippen molar-refractivity contribution in [2.45, 2.75) is 63.7 Å². The number of hydrogen-bond acceptors (Lipinski definition) is 5. The number of nitrogens with one attached hydrogen (secondary N) is 2. The van der Waals surface area contributed by atoms with Crippen LogP contribution in [0.5, 0.6) is 5.75 Å². The Labute approximate surface area is 228 Å². The summed E-state index contributed by atoms with van der Waals surface area (Å²) < 4.78 is 5.38. The molecule has 1 unspecified atom stereocenters. The molecule has 2 fully saturated rings. The number of aromatic nitrogens is 1. The van der Waals surface area contributed by atoms with Gasteiger partial charge in [-0.05, 0) is 81.5 Å². The summed E-state index contributed by atoms with van der Waals surface area (Å²) >= 11 is 5.97. The number of ether oxygens (including phenoxy) is 1. The first-order valence-electron chi connectivity index (χ1n) is 13.1. The summed E-state index contributed by atoms with van der Waals surface area (Å²) in [4.78, 5) is 32.9. The van der Waals surface area contributed by atoms with Crippen molar-refractivity contribution in [3.05, 3.63) is 88.1 Å². The van der Waals surface area contributed by atoms with E-state index in [0.29, 0.717) is 28.2 Å². The number of benzene rings is 2. The molecular formula is C30H33ClN4O3. The van der Waals surface area contributed by atoms with Gasteiger partial charge in [-0.3, -0.25) is 9.59 Å². The highest BCUT2D eigenvalue weighted by molar-refractivity contribution is 6.30. The van der Waals surface area contributed by atoms with Gasteiger partial charge in [-0.2, -0.15) is 0 Å². The van der Waals surface area contributed by atoms with Crippen molar-refractivity contribution in [3.8, 4) is 5.75 Å². The second-order valence-electron chi connectivity index (χ2n) is 10.2. The maximum Gasteiger partial charge on any atom is 0.253 e. The highest BCUT2D eigenvalue weighted by Gasteiger charge is 2.42. The SMILES string of the molecule is COc1cccc(C(=O)N[C@H]2C[C@H]3CC[C@@H](C2)N3c2ccc(C(=O)NC(C)c3ccc(Cl)cc3)cn2)c1C. The molecule has 2 aliphatic rings. The number of carbonyl (C=O) groups is 2. The van der Waals surface area contributed by atoms with Crippen LogP contribution in [0, 0.1) is 6.92 Å². The van der Waals surface area contributed by atoms with Gasteiger partial charge >= 0.3 is 0 Å². The topological polar surface area (TPSA) is 83.6 Å². The summed E-state index contributed by atoms with van der Waals surface area (Å²) in [6, 6.07) is 17.4. The monoisotopic (exact) mass is 532 g/mol. The molecule has 5 rings (SSSR count). The summed E-state index contributed by atoms with van der Waals surface area (Å²) in [6.45, 7) is 3.85. The molecule has 0 radical (unpaired) electrons. The molecule has 8 heteroatoms. The van der Waals surface area contributed by atoms with E-state index >= 15 is 0 Å². The molecule has 38 heavy (non-hydrogen) atoms. The first kappa shape index (κ1) is 26.0. The summed E-state index contributed by atoms with van der Waals surface area (Å²) in [5.74, 6) is 1.38. The summed E-state index contributed by atoms with van der Waals surface area (Å²) in [6.07, 6.45) is 5.52. The van der Waals surface area contributed by atoms with Crippen molar-refractivity contribution in [1.29, 1.82) is 0 Å². The molecule has 4 atom stereocenters. The van der Waals surface area contributed by atoms with E-state index in [1.165, 1.54) is 0 Å². The van der Waals surface area contributed by atoms with Gasteiger partial charge in [0.05, 0.1) is 18.7 Å². The van der Waals surface area contributed by atoms with Gasteiger partial charge in [0, 0.05) is 40.5 Å². The fraction of sp³-hybridized carbons (Fsp3) is 0.367. The molecule has 0 spiro atoms. The maximum atomic E-state index is 13.0. The molecule has 0 aliphatic carbocycles. The van der Waals surface area contributed by atoms with Gasteiger partial charge in [0.1, 0.15) is 11.6 Å². The van der Waals surface area contributed by atoms with Crippen molar-refractivity contribution in [3.63, 3.8) is 0 Å². The number of pyridine rings is 1. The van der Waals surface area contributed by atoms with E-state index in [1.54, 1.807) is 13.3 Å². The van der Waals surface area contributed by atoms with Gasteiger partial charge in [0.25, 0.3) is 11.8 Å². The fourth-order valence-electron chi connectivity index (χ4n) is 5.80. The standard InChI is InChI=1S/C30H33ClN4O3/c1-18-26(5-4-6-27(18)38-3)30(37)34-23-15-24-12-13-25(16-23)35(24)28-14-9-21(17-32-28)29(36)33-19(2)20-7-10-22(31)11-8-20/h4-11,14,17,19,23-25H,12-13,15-16H2,1-3H3,(H,33,36)(H,34,37)/t19?,23-,24+,25-. The Morgan fingerprint density at radius 2 is 1.74 bits per heavy atom. The lowest BCUT2D eigenvalue weighted by Crippen LogP contribution is -2.50. The van der Waals surface area contributed by atoms with E-state index in [2.05, 4.69) is 20.5 Å². The van der Waals surface area contributed by atoms with E-state index in [0.717, 1.165) is 48.4 Å². The quantitative estimate of drug-likeness (QED) is 0.421. The van der Waals surface area contributed by atoms with Gasteiger partial charge < -0.3 is 20.3 Å². The molecule has 2 aromatic carbocycles. The van der Waals surface area contributed by atoms with Crippen molar-refractivity contribution in [2.24, 2.45) is 0 Å². The third kappa shape index (κ3) is 5.34.